The molecule has 2 atom stereocenters. The lowest BCUT2D eigenvalue weighted by atomic mass is 9.84. The molecule has 0 spiro atoms. The minimum absolute atomic E-state index is 0.0623. The molecule has 3 aromatic carbocycles. The number of ether oxygens (including phenoxy) is 2. The van der Waals surface area contributed by atoms with E-state index in [1.807, 2.05) is 32.0 Å². The Morgan fingerprint density at radius 1 is 0.529 bits per heavy atom. The SMILES string of the molecule is CC(C)c1cc(C(C)C)c(C(=O)NC[C@H](C)Oc2cccc(O[C@@H](C)CNC(=O)c3c(C(C)C)cc(C(C)C)cc3C(C)C)c2I)c(C(C)C)c1. The van der Waals surface area contributed by atoms with E-state index in [1.54, 1.807) is 0 Å². The van der Waals surface area contributed by atoms with Crippen LogP contribution < -0.4 is 20.1 Å². The van der Waals surface area contributed by atoms with Crippen molar-refractivity contribution in [3.63, 3.8) is 0 Å². The number of carbonyl (C=O) groups excluding carboxylic acids is 2. The maximum atomic E-state index is 13.7. The second-order valence-electron chi connectivity index (χ2n) is 15.9. The molecular formula is C44H63IN2O4. The Balaban J connectivity index is 1.69. The summed E-state index contributed by atoms with van der Waals surface area (Å²) in [5.41, 5.74) is 8.46. The van der Waals surface area contributed by atoms with Gasteiger partial charge in [0.2, 0.25) is 0 Å². The third kappa shape index (κ3) is 11.0. The number of nitrogens with one attached hydrogen (secondary N) is 2. The van der Waals surface area contributed by atoms with Crippen LogP contribution >= 0.6 is 22.6 Å². The van der Waals surface area contributed by atoms with Crippen LogP contribution in [-0.4, -0.2) is 37.1 Å². The summed E-state index contributed by atoms with van der Waals surface area (Å²) in [4.78, 5) is 27.4. The number of amides is 2. The van der Waals surface area contributed by atoms with Gasteiger partial charge < -0.3 is 20.1 Å². The molecule has 0 bridgehead atoms. The predicted octanol–water partition coefficient (Wildman–Crippen LogP) is 11.4. The van der Waals surface area contributed by atoms with Gasteiger partial charge in [-0.05, 0) is 117 Å². The summed E-state index contributed by atoms with van der Waals surface area (Å²) in [5, 5.41) is 6.31. The molecule has 0 saturated carbocycles. The summed E-state index contributed by atoms with van der Waals surface area (Å²) >= 11 is 2.25. The maximum Gasteiger partial charge on any atom is 0.251 e. The van der Waals surface area contributed by atoms with Crippen LogP contribution in [0, 0.1) is 3.57 Å². The highest BCUT2D eigenvalue weighted by Crippen LogP contribution is 2.35. The van der Waals surface area contributed by atoms with E-state index in [1.165, 1.54) is 11.1 Å². The van der Waals surface area contributed by atoms with Gasteiger partial charge in [0.25, 0.3) is 11.8 Å². The number of carbonyl (C=O) groups is 2. The van der Waals surface area contributed by atoms with Gasteiger partial charge in [-0.2, -0.15) is 0 Å². The van der Waals surface area contributed by atoms with Gasteiger partial charge in [0.05, 0.1) is 16.7 Å². The zero-order valence-corrected chi connectivity index (χ0v) is 35.7. The second-order valence-corrected chi connectivity index (χ2v) is 17.0. The van der Waals surface area contributed by atoms with E-state index in [4.69, 9.17) is 9.47 Å². The van der Waals surface area contributed by atoms with Crippen LogP contribution in [0.15, 0.2) is 42.5 Å². The summed E-state index contributed by atoms with van der Waals surface area (Å²) in [7, 11) is 0. The van der Waals surface area contributed by atoms with Gasteiger partial charge in [0.1, 0.15) is 23.7 Å². The Bertz CT molecular complexity index is 1480. The van der Waals surface area contributed by atoms with Gasteiger partial charge in [-0.15, -0.1) is 0 Å². The van der Waals surface area contributed by atoms with Crippen LogP contribution in [0.5, 0.6) is 11.5 Å². The molecule has 0 heterocycles. The number of hydrogen-bond acceptors (Lipinski definition) is 4. The molecule has 6 nitrogen and oxygen atoms in total. The maximum absolute atomic E-state index is 13.7. The number of hydrogen-bond donors (Lipinski definition) is 2. The van der Waals surface area contributed by atoms with Crippen molar-refractivity contribution in [1.29, 1.82) is 0 Å². The van der Waals surface area contributed by atoms with Crippen molar-refractivity contribution < 1.29 is 19.1 Å². The molecule has 0 aliphatic rings. The quantitative estimate of drug-likeness (QED) is 0.141. The first-order chi connectivity index (χ1) is 23.8. The summed E-state index contributed by atoms with van der Waals surface area (Å²) in [5.74, 6) is 2.92. The van der Waals surface area contributed by atoms with Crippen LogP contribution in [0.1, 0.15) is 187 Å². The molecule has 0 aliphatic carbocycles. The van der Waals surface area contributed by atoms with Crippen LogP contribution in [0.25, 0.3) is 0 Å². The normalized spacial score (nSPS) is 13.0. The van der Waals surface area contributed by atoms with Crippen molar-refractivity contribution in [2.24, 2.45) is 0 Å². The Hall–Kier alpha value is -3.07. The standard InChI is InChI=1S/C44H63IN2O4/c1-24(2)32-18-34(26(5)6)40(35(19-32)27(7)8)43(48)46-22-30(13)50-38-16-15-17-39(42(38)45)51-31(14)23-47-44(49)41-36(28(9)10)20-33(25(3)4)21-37(41)29(11)12/h15-21,24-31H,22-23H2,1-14H3,(H,46,48)(H,47,49)/t30-,31-/m0/s1. The average molecular weight is 811 g/mol. The molecule has 0 unspecified atom stereocenters. The van der Waals surface area contributed by atoms with Crippen molar-refractivity contribution in [2.45, 2.75) is 145 Å². The molecule has 3 aromatic rings. The van der Waals surface area contributed by atoms with E-state index in [0.717, 1.165) is 37.0 Å². The van der Waals surface area contributed by atoms with Crippen LogP contribution in [0.2, 0.25) is 0 Å². The minimum atomic E-state index is -0.276. The van der Waals surface area contributed by atoms with Crippen molar-refractivity contribution in [3.05, 3.63) is 90.5 Å². The smallest absolute Gasteiger partial charge is 0.251 e. The predicted molar refractivity (Wildman–Crippen MR) is 221 cm³/mol. The first-order valence-corrected chi connectivity index (χ1v) is 19.9. The molecule has 2 N–H and O–H groups in total. The number of halogens is 1. The highest BCUT2D eigenvalue weighted by molar-refractivity contribution is 14.1. The fourth-order valence-corrected chi connectivity index (χ4v) is 6.89. The zero-order chi connectivity index (χ0) is 38.3. The topological polar surface area (TPSA) is 76.7 Å². The molecule has 2 amide bonds. The van der Waals surface area contributed by atoms with Crippen molar-refractivity contribution in [2.75, 3.05) is 13.1 Å². The fraction of sp³-hybridized carbons (Fsp3) is 0.545. The minimum Gasteiger partial charge on any atom is -0.488 e. The lowest BCUT2D eigenvalue weighted by molar-refractivity contribution is 0.0924. The molecule has 280 valence electrons. The second kappa shape index (κ2) is 18.6. The number of benzene rings is 3. The van der Waals surface area contributed by atoms with E-state index in [0.29, 0.717) is 36.4 Å². The monoisotopic (exact) mass is 810 g/mol. The van der Waals surface area contributed by atoms with Crippen molar-refractivity contribution in [1.82, 2.24) is 10.6 Å². The average Bonchev–Trinajstić information content (AvgIpc) is 3.06. The Morgan fingerprint density at radius 2 is 0.824 bits per heavy atom. The third-order valence-electron chi connectivity index (χ3n) is 9.40. The first-order valence-electron chi connectivity index (χ1n) is 18.9. The van der Waals surface area contributed by atoms with Crippen LogP contribution in [0.4, 0.5) is 0 Å². The van der Waals surface area contributed by atoms with Gasteiger partial charge >= 0.3 is 0 Å². The van der Waals surface area contributed by atoms with Gasteiger partial charge in [-0.25, -0.2) is 0 Å². The highest BCUT2D eigenvalue weighted by atomic mass is 127. The molecule has 0 aromatic heterocycles. The fourth-order valence-electron chi connectivity index (χ4n) is 6.28. The van der Waals surface area contributed by atoms with Gasteiger partial charge in [-0.1, -0.05) is 113 Å². The summed E-state index contributed by atoms with van der Waals surface area (Å²) in [6, 6.07) is 14.5. The third-order valence-corrected chi connectivity index (χ3v) is 10.5. The zero-order valence-electron chi connectivity index (χ0n) is 33.6. The van der Waals surface area contributed by atoms with E-state index < -0.39 is 0 Å². The molecule has 0 fully saturated rings. The first kappa shape index (κ1) is 42.3. The van der Waals surface area contributed by atoms with E-state index in [2.05, 4.69) is 141 Å². The molecule has 0 aliphatic heterocycles. The van der Waals surface area contributed by atoms with Crippen LogP contribution in [0.3, 0.4) is 0 Å². The largest absolute Gasteiger partial charge is 0.488 e. The Labute approximate surface area is 322 Å². The lowest BCUT2D eigenvalue weighted by Gasteiger charge is -2.24. The van der Waals surface area contributed by atoms with Gasteiger partial charge in [-0.3, -0.25) is 9.59 Å². The molecule has 3 rings (SSSR count). The van der Waals surface area contributed by atoms with E-state index in [9.17, 15) is 9.59 Å². The molecule has 0 radical (unpaired) electrons. The summed E-state index contributed by atoms with van der Waals surface area (Å²) in [6.45, 7) is 30.6. The Kier molecular flexibility index (Phi) is 15.5. The van der Waals surface area contributed by atoms with Crippen molar-refractivity contribution in [3.8, 4) is 11.5 Å². The lowest BCUT2D eigenvalue weighted by Crippen LogP contribution is -2.35. The Morgan fingerprint density at radius 3 is 1.08 bits per heavy atom. The van der Waals surface area contributed by atoms with Crippen LogP contribution in [-0.2, 0) is 0 Å². The summed E-state index contributed by atoms with van der Waals surface area (Å²) < 4.78 is 13.5. The van der Waals surface area contributed by atoms with E-state index in [-0.39, 0.29) is 47.7 Å². The summed E-state index contributed by atoms with van der Waals surface area (Å²) in [6.07, 6.45) is -0.552. The van der Waals surface area contributed by atoms with Gasteiger partial charge in [0, 0.05) is 11.1 Å². The van der Waals surface area contributed by atoms with Gasteiger partial charge in [0.15, 0.2) is 0 Å². The number of rotatable bonds is 16. The molecule has 7 heteroatoms. The van der Waals surface area contributed by atoms with E-state index >= 15 is 0 Å². The molecular weight excluding hydrogens is 747 g/mol. The molecule has 51 heavy (non-hydrogen) atoms. The highest BCUT2D eigenvalue weighted by Gasteiger charge is 2.25. The molecule has 0 saturated heterocycles. The van der Waals surface area contributed by atoms with Crippen molar-refractivity contribution >= 4 is 34.4 Å².